The lowest BCUT2D eigenvalue weighted by Gasteiger charge is -2.08. The molecular weight excluding hydrogens is 318 g/mol. The fraction of sp³-hybridized carbons (Fsp3) is 0.0833. The van der Waals surface area contributed by atoms with E-state index in [-0.39, 0.29) is 21.4 Å². The molecule has 0 unspecified atom stereocenters. The number of benzene rings is 1. The molecule has 0 saturated carbocycles. The van der Waals surface area contributed by atoms with Crippen molar-refractivity contribution >= 4 is 33.4 Å². The molecule has 2 aromatic rings. The second-order valence-electron chi connectivity index (χ2n) is 4.13. The molecule has 0 aliphatic carbocycles. The zero-order valence-electron chi connectivity index (χ0n) is 10.7. The van der Waals surface area contributed by atoms with E-state index in [1.165, 1.54) is 24.3 Å². The molecule has 9 heteroatoms. The van der Waals surface area contributed by atoms with Gasteiger partial charge < -0.3 is 5.11 Å². The summed E-state index contributed by atoms with van der Waals surface area (Å²) in [6, 6.07) is 6.55. The van der Waals surface area contributed by atoms with Gasteiger partial charge in [0.2, 0.25) is 0 Å². The van der Waals surface area contributed by atoms with Crippen LogP contribution in [0.1, 0.15) is 15.9 Å². The summed E-state index contributed by atoms with van der Waals surface area (Å²) in [6.07, 6.45) is 0. The zero-order valence-corrected chi connectivity index (χ0v) is 12.3. The molecular formula is C12H10ClN3O4S. The molecule has 0 radical (unpaired) electrons. The number of hydrogen-bond acceptors (Lipinski definition) is 5. The number of rotatable bonds is 4. The molecule has 2 rings (SSSR count). The van der Waals surface area contributed by atoms with E-state index in [1.54, 1.807) is 6.92 Å². The smallest absolute Gasteiger partial charge is 0.335 e. The minimum absolute atomic E-state index is 0.0168. The summed E-state index contributed by atoms with van der Waals surface area (Å²) in [5, 5.41) is 16.2. The van der Waals surface area contributed by atoms with Gasteiger partial charge in [-0.15, -0.1) is 10.2 Å². The molecule has 0 saturated heterocycles. The second kappa shape index (κ2) is 5.66. The fourth-order valence-corrected chi connectivity index (χ4v) is 2.69. The highest BCUT2D eigenvalue weighted by molar-refractivity contribution is 7.92. The van der Waals surface area contributed by atoms with Crippen molar-refractivity contribution in [2.24, 2.45) is 0 Å². The van der Waals surface area contributed by atoms with E-state index < -0.39 is 16.0 Å². The molecule has 21 heavy (non-hydrogen) atoms. The van der Waals surface area contributed by atoms with Gasteiger partial charge in [0, 0.05) is 0 Å². The number of nitrogens with one attached hydrogen (secondary N) is 1. The van der Waals surface area contributed by atoms with Crippen LogP contribution >= 0.6 is 11.6 Å². The number of anilines is 1. The van der Waals surface area contributed by atoms with Crippen molar-refractivity contribution in [1.29, 1.82) is 0 Å². The van der Waals surface area contributed by atoms with Crippen molar-refractivity contribution in [3.05, 3.63) is 46.6 Å². The van der Waals surface area contributed by atoms with Gasteiger partial charge in [0.15, 0.2) is 11.0 Å². The van der Waals surface area contributed by atoms with Crippen LogP contribution in [-0.4, -0.2) is 29.7 Å². The molecule has 7 nitrogen and oxygen atoms in total. The maximum Gasteiger partial charge on any atom is 0.335 e. The SMILES string of the molecule is Cc1ccc(S(=O)(=O)Nc2ccc(Cl)nn2)cc1C(=O)O. The Morgan fingerprint density at radius 2 is 1.95 bits per heavy atom. The Bertz CT molecular complexity index is 791. The Morgan fingerprint density at radius 3 is 2.52 bits per heavy atom. The van der Waals surface area contributed by atoms with E-state index in [1.807, 2.05) is 0 Å². The first-order valence-electron chi connectivity index (χ1n) is 5.65. The molecule has 0 aliphatic rings. The monoisotopic (exact) mass is 327 g/mol. The number of carboxylic acid groups (broad SMARTS) is 1. The Morgan fingerprint density at radius 1 is 1.24 bits per heavy atom. The fourth-order valence-electron chi connectivity index (χ4n) is 1.57. The van der Waals surface area contributed by atoms with Crippen LogP contribution in [0.2, 0.25) is 5.15 Å². The van der Waals surface area contributed by atoms with Crippen LogP contribution in [0.4, 0.5) is 5.82 Å². The van der Waals surface area contributed by atoms with Crippen molar-refractivity contribution in [2.45, 2.75) is 11.8 Å². The molecule has 2 N–H and O–H groups in total. The third-order valence-electron chi connectivity index (χ3n) is 2.62. The molecule has 1 heterocycles. The van der Waals surface area contributed by atoms with Crippen molar-refractivity contribution < 1.29 is 18.3 Å². The lowest BCUT2D eigenvalue weighted by Crippen LogP contribution is -2.15. The maximum atomic E-state index is 12.2. The van der Waals surface area contributed by atoms with E-state index in [4.69, 9.17) is 16.7 Å². The third kappa shape index (κ3) is 3.47. The van der Waals surface area contributed by atoms with E-state index in [2.05, 4.69) is 14.9 Å². The average molecular weight is 328 g/mol. The van der Waals surface area contributed by atoms with Crippen LogP contribution in [0.15, 0.2) is 35.2 Å². The first kappa shape index (κ1) is 15.2. The topological polar surface area (TPSA) is 109 Å². The van der Waals surface area contributed by atoms with E-state index in [9.17, 15) is 13.2 Å². The first-order chi connectivity index (χ1) is 9.79. The molecule has 0 fully saturated rings. The van der Waals surface area contributed by atoms with Crippen molar-refractivity contribution in [2.75, 3.05) is 4.72 Å². The Labute approximate surface area is 125 Å². The number of aromatic nitrogens is 2. The zero-order chi connectivity index (χ0) is 15.6. The number of nitrogens with zero attached hydrogens (tertiary/aromatic N) is 2. The van der Waals surface area contributed by atoms with Crippen LogP contribution in [0.5, 0.6) is 0 Å². The van der Waals surface area contributed by atoms with Gasteiger partial charge in [-0.05, 0) is 36.8 Å². The highest BCUT2D eigenvalue weighted by Crippen LogP contribution is 2.18. The normalized spacial score (nSPS) is 11.1. The highest BCUT2D eigenvalue weighted by Gasteiger charge is 2.18. The van der Waals surface area contributed by atoms with Crippen LogP contribution in [-0.2, 0) is 10.0 Å². The number of hydrogen-bond donors (Lipinski definition) is 2. The highest BCUT2D eigenvalue weighted by atomic mass is 35.5. The van der Waals surface area contributed by atoms with Crippen LogP contribution < -0.4 is 4.72 Å². The van der Waals surface area contributed by atoms with Gasteiger partial charge >= 0.3 is 5.97 Å². The minimum Gasteiger partial charge on any atom is -0.478 e. The number of aryl methyl sites for hydroxylation is 1. The molecule has 0 aliphatic heterocycles. The summed E-state index contributed by atoms with van der Waals surface area (Å²) in [4.78, 5) is 10.9. The van der Waals surface area contributed by atoms with Gasteiger partial charge in [-0.2, -0.15) is 0 Å². The third-order valence-corrected chi connectivity index (χ3v) is 4.17. The summed E-state index contributed by atoms with van der Waals surface area (Å²) in [5.74, 6) is -1.22. The quantitative estimate of drug-likeness (QED) is 0.888. The molecule has 1 aromatic carbocycles. The van der Waals surface area contributed by atoms with Crippen molar-refractivity contribution in [1.82, 2.24) is 10.2 Å². The maximum absolute atomic E-state index is 12.2. The van der Waals surface area contributed by atoms with Crippen LogP contribution in [0.3, 0.4) is 0 Å². The minimum atomic E-state index is -3.96. The molecule has 0 spiro atoms. The van der Waals surface area contributed by atoms with Crippen molar-refractivity contribution in [3.63, 3.8) is 0 Å². The van der Waals surface area contributed by atoms with E-state index in [0.29, 0.717) is 5.56 Å². The molecule has 0 atom stereocenters. The second-order valence-corrected chi connectivity index (χ2v) is 6.20. The number of sulfonamides is 1. The summed E-state index contributed by atoms with van der Waals surface area (Å²) >= 11 is 5.56. The Balaban J connectivity index is 2.38. The summed E-state index contributed by atoms with van der Waals surface area (Å²) < 4.78 is 26.5. The lowest BCUT2D eigenvalue weighted by atomic mass is 10.1. The number of carboxylic acids is 1. The summed E-state index contributed by atoms with van der Waals surface area (Å²) in [7, 11) is -3.96. The standard InChI is InChI=1S/C12H10ClN3O4S/c1-7-2-3-8(6-9(7)12(17)18)21(19,20)16-11-5-4-10(13)14-15-11/h2-6H,1H3,(H,15,16)(H,17,18). The number of carbonyl (C=O) groups is 1. The van der Waals surface area contributed by atoms with Crippen molar-refractivity contribution in [3.8, 4) is 0 Å². The Kier molecular flexibility index (Phi) is 4.10. The average Bonchev–Trinajstić information content (AvgIpc) is 2.41. The van der Waals surface area contributed by atoms with Gasteiger partial charge in [-0.3, -0.25) is 4.72 Å². The van der Waals surface area contributed by atoms with E-state index in [0.717, 1.165) is 6.07 Å². The van der Waals surface area contributed by atoms with E-state index >= 15 is 0 Å². The molecule has 110 valence electrons. The number of halogens is 1. The summed E-state index contributed by atoms with van der Waals surface area (Å²) in [6.45, 7) is 1.58. The van der Waals surface area contributed by atoms with Gasteiger partial charge in [0.05, 0.1) is 10.5 Å². The van der Waals surface area contributed by atoms with Gasteiger partial charge in [0.25, 0.3) is 10.0 Å². The largest absolute Gasteiger partial charge is 0.478 e. The predicted octanol–water partition coefficient (Wildman–Crippen LogP) is 1.94. The first-order valence-corrected chi connectivity index (χ1v) is 7.52. The molecule has 0 bridgehead atoms. The lowest BCUT2D eigenvalue weighted by molar-refractivity contribution is 0.0696. The summed E-state index contributed by atoms with van der Waals surface area (Å²) in [5.41, 5.74) is 0.382. The molecule has 1 aromatic heterocycles. The van der Waals surface area contributed by atoms with Gasteiger partial charge in [0.1, 0.15) is 0 Å². The number of aromatic carboxylic acids is 1. The Hall–Kier alpha value is -2.19. The van der Waals surface area contributed by atoms with Gasteiger partial charge in [-0.25, -0.2) is 13.2 Å². The molecule has 0 amide bonds. The van der Waals surface area contributed by atoms with Gasteiger partial charge in [-0.1, -0.05) is 17.7 Å². The van der Waals surface area contributed by atoms with Crippen LogP contribution in [0.25, 0.3) is 0 Å². The van der Waals surface area contributed by atoms with Crippen LogP contribution in [0, 0.1) is 6.92 Å². The predicted molar refractivity (Wildman–Crippen MR) is 76.0 cm³/mol.